The van der Waals surface area contributed by atoms with Crippen LogP contribution in [-0.2, 0) is 0 Å². The van der Waals surface area contributed by atoms with Gasteiger partial charge in [-0.1, -0.05) is 35.0 Å². The van der Waals surface area contributed by atoms with Gasteiger partial charge in [-0.25, -0.2) is 0 Å². The molecule has 0 amide bonds. The fourth-order valence-corrected chi connectivity index (χ4v) is 3.01. The lowest BCUT2D eigenvalue weighted by atomic mass is 10.3. The van der Waals surface area contributed by atoms with E-state index >= 15 is 0 Å². The number of hydrogen-bond acceptors (Lipinski definition) is 5. The van der Waals surface area contributed by atoms with E-state index < -0.39 is 0 Å². The van der Waals surface area contributed by atoms with Gasteiger partial charge in [-0.05, 0) is 24.3 Å². The third-order valence-electron chi connectivity index (χ3n) is 2.63. The smallest absolute Gasteiger partial charge is 0.165 e. The average Bonchev–Trinajstić information content (AvgIpc) is 2.67. The summed E-state index contributed by atoms with van der Waals surface area (Å²) >= 11 is 13.3. The molecule has 20 heavy (non-hydrogen) atoms. The third kappa shape index (κ3) is 3.11. The molecule has 0 bridgehead atoms. The summed E-state index contributed by atoms with van der Waals surface area (Å²) in [6.07, 6.45) is 0.882. The first-order valence-corrected chi connectivity index (χ1v) is 7.56. The van der Waals surface area contributed by atoms with Crippen LogP contribution in [0.5, 0.6) is 11.5 Å². The minimum atomic E-state index is 0.311. The Morgan fingerprint density at radius 2 is 1.80 bits per heavy atom. The van der Waals surface area contributed by atoms with E-state index in [0.29, 0.717) is 23.5 Å². The Labute approximate surface area is 130 Å². The zero-order chi connectivity index (χ0) is 13.9. The monoisotopic (exact) mass is 328 g/mol. The van der Waals surface area contributed by atoms with Gasteiger partial charge in [0.15, 0.2) is 21.8 Å². The highest BCUT2D eigenvalue weighted by atomic mass is 35.5. The summed E-state index contributed by atoms with van der Waals surface area (Å²) in [5, 5.41) is 8.11. The quantitative estimate of drug-likeness (QED) is 0.830. The maximum atomic E-state index is 6.01. The Morgan fingerprint density at radius 1 is 1.00 bits per heavy atom. The number of benzene rings is 1. The Kier molecular flexibility index (Phi) is 4.19. The van der Waals surface area contributed by atoms with Gasteiger partial charge in [0.2, 0.25) is 0 Å². The van der Waals surface area contributed by atoms with Crippen LogP contribution in [0.15, 0.2) is 34.1 Å². The van der Waals surface area contributed by atoms with Crippen molar-refractivity contribution in [1.29, 1.82) is 0 Å². The van der Waals surface area contributed by atoms with E-state index in [1.54, 1.807) is 6.07 Å². The molecule has 1 aromatic carbocycles. The van der Waals surface area contributed by atoms with E-state index in [1.165, 1.54) is 11.8 Å². The van der Waals surface area contributed by atoms with Crippen LogP contribution < -0.4 is 9.47 Å². The lowest BCUT2D eigenvalue weighted by Crippen LogP contribution is -1.97. The summed E-state index contributed by atoms with van der Waals surface area (Å²) in [5.41, 5.74) is 0. The molecular formula is C13H10Cl2N2O2S. The fraction of sp³-hybridized carbons (Fsp3) is 0.231. The zero-order valence-corrected chi connectivity index (χ0v) is 12.6. The molecule has 7 heteroatoms. The summed E-state index contributed by atoms with van der Waals surface area (Å²) in [5.74, 6) is 1.51. The van der Waals surface area contributed by atoms with E-state index in [0.717, 1.165) is 27.7 Å². The van der Waals surface area contributed by atoms with Gasteiger partial charge < -0.3 is 9.47 Å². The molecule has 0 aliphatic carbocycles. The largest absolute Gasteiger partial charge is 0.490 e. The van der Waals surface area contributed by atoms with Crippen LogP contribution in [0.25, 0.3) is 0 Å². The Hall–Kier alpha value is -1.17. The number of fused-ring (bicyclic) bond motifs is 1. The van der Waals surface area contributed by atoms with Gasteiger partial charge in [-0.3, -0.25) is 0 Å². The predicted molar refractivity (Wildman–Crippen MR) is 78.2 cm³/mol. The van der Waals surface area contributed by atoms with Crippen molar-refractivity contribution >= 4 is 35.0 Å². The molecule has 1 aromatic heterocycles. The zero-order valence-electron chi connectivity index (χ0n) is 10.3. The van der Waals surface area contributed by atoms with Crippen LogP contribution in [0.1, 0.15) is 6.42 Å². The van der Waals surface area contributed by atoms with Crippen molar-refractivity contribution in [3.8, 4) is 11.5 Å². The van der Waals surface area contributed by atoms with Crippen molar-refractivity contribution < 1.29 is 9.47 Å². The molecule has 0 saturated heterocycles. The minimum absolute atomic E-state index is 0.311. The SMILES string of the molecule is Clc1cc(Sc2ccc3c(c2)OCCCO3)c(Cl)nn1. The van der Waals surface area contributed by atoms with E-state index in [4.69, 9.17) is 32.7 Å². The molecule has 0 radical (unpaired) electrons. The molecule has 0 unspecified atom stereocenters. The topological polar surface area (TPSA) is 44.2 Å². The van der Waals surface area contributed by atoms with Crippen LogP contribution in [-0.4, -0.2) is 23.4 Å². The van der Waals surface area contributed by atoms with Crippen LogP contribution >= 0.6 is 35.0 Å². The van der Waals surface area contributed by atoms with Crippen LogP contribution in [0, 0.1) is 0 Å². The number of hydrogen-bond donors (Lipinski definition) is 0. The van der Waals surface area contributed by atoms with E-state index in [2.05, 4.69) is 10.2 Å². The first kappa shape index (κ1) is 13.8. The van der Waals surface area contributed by atoms with Crippen LogP contribution in [0.2, 0.25) is 10.3 Å². The molecule has 0 spiro atoms. The number of ether oxygens (including phenoxy) is 2. The van der Waals surface area contributed by atoms with Crippen molar-refractivity contribution in [2.24, 2.45) is 0 Å². The van der Waals surface area contributed by atoms with E-state index in [-0.39, 0.29) is 0 Å². The Bertz CT molecular complexity index is 640. The van der Waals surface area contributed by atoms with Gasteiger partial charge in [0.1, 0.15) is 0 Å². The number of halogens is 2. The molecule has 2 aromatic rings. The van der Waals surface area contributed by atoms with Gasteiger partial charge in [-0.2, -0.15) is 0 Å². The molecule has 0 saturated carbocycles. The highest BCUT2D eigenvalue weighted by Gasteiger charge is 2.12. The molecule has 0 atom stereocenters. The van der Waals surface area contributed by atoms with Gasteiger partial charge in [-0.15, -0.1) is 10.2 Å². The Morgan fingerprint density at radius 3 is 2.65 bits per heavy atom. The van der Waals surface area contributed by atoms with Gasteiger partial charge >= 0.3 is 0 Å². The predicted octanol–water partition coefficient (Wildman–Crippen LogP) is 4.10. The number of aromatic nitrogens is 2. The maximum Gasteiger partial charge on any atom is 0.165 e. The van der Waals surface area contributed by atoms with Crippen molar-refractivity contribution in [3.63, 3.8) is 0 Å². The van der Waals surface area contributed by atoms with Gasteiger partial charge in [0, 0.05) is 11.3 Å². The maximum absolute atomic E-state index is 6.01. The van der Waals surface area contributed by atoms with Crippen LogP contribution in [0.3, 0.4) is 0 Å². The lowest BCUT2D eigenvalue weighted by molar-refractivity contribution is 0.297. The second kappa shape index (κ2) is 6.08. The average molecular weight is 329 g/mol. The molecule has 3 rings (SSSR count). The van der Waals surface area contributed by atoms with Crippen molar-refractivity contribution in [2.45, 2.75) is 16.2 Å². The molecule has 0 N–H and O–H groups in total. The molecule has 1 aliphatic heterocycles. The van der Waals surface area contributed by atoms with E-state index in [9.17, 15) is 0 Å². The summed E-state index contributed by atoms with van der Waals surface area (Å²) in [4.78, 5) is 1.72. The summed E-state index contributed by atoms with van der Waals surface area (Å²) < 4.78 is 11.2. The lowest BCUT2D eigenvalue weighted by Gasteiger charge is -2.09. The second-order valence-electron chi connectivity index (χ2n) is 4.08. The first-order valence-electron chi connectivity index (χ1n) is 5.98. The summed E-state index contributed by atoms with van der Waals surface area (Å²) in [6, 6.07) is 7.45. The highest BCUT2D eigenvalue weighted by Crippen LogP contribution is 2.38. The first-order chi connectivity index (χ1) is 9.72. The van der Waals surface area contributed by atoms with Crippen molar-refractivity contribution in [3.05, 3.63) is 34.6 Å². The molecule has 104 valence electrons. The normalized spacial score (nSPS) is 13.9. The van der Waals surface area contributed by atoms with Crippen LogP contribution in [0.4, 0.5) is 0 Å². The molecule has 0 fully saturated rings. The third-order valence-corrected chi connectivity index (χ3v) is 4.23. The molecule has 2 heterocycles. The molecular weight excluding hydrogens is 319 g/mol. The highest BCUT2D eigenvalue weighted by molar-refractivity contribution is 7.99. The summed E-state index contributed by atoms with van der Waals surface area (Å²) in [7, 11) is 0. The minimum Gasteiger partial charge on any atom is -0.490 e. The van der Waals surface area contributed by atoms with Gasteiger partial charge in [0.05, 0.1) is 18.1 Å². The number of rotatable bonds is 2. The van der Waals surface area contributed by atoms with Crippen molar-refractivity contribution in [2.75, 3.05) is 13.2 Å². The Balaban J connectivity index is 1.87. The molecule has 1 aliphatic rings. The van der Waals surface area contributed by atoms with Gasteiger partial charge in [0.25, 0.3) is 0 Å². The standard InChI is InChI=1S/C13H10Cl2N2O2S/c14-12-7-11(13(15)17-16-12)20-8-2-3-9-10(6-8)19-5-1-4-18-9/h2-3,6-7H,1,4-5H2. The second-order valence-corrected chi connectivity index (χ2v) is 5.94. The number of nitrogens with zero attached hydrogens (tertiary/aromatic N) is 2. The molecule has 4 nitrogen and oxygen atoms in total. The van der Waals surface area contributed by atoms with Crippen molar-refractivity contribution in [1.82, 2.24) is 10.2 Å². The fourth-order valence-electron chi connectivity index (χ4n) is 1.74. The summed E-state index contributed by atoms with van der Waals surface area (Å²) in [6.45, 7) is 1.33. The van der Waals surface area contributed by atoms with E-state index in [1.807, 2.05) is 18.2 Å².